The van der Waals surface area contributed by atoms with E-state index < -0.39 is 0 Å². The summed E-state index contributed by atoms with van der Waals surface area (Å²) in [6.07, 6.45) is 14.2. The third-order valence-electron chi connectivity index (χ3n) is 11.4. The van der Waals surface area contributed by atoms with Crippen LogP contribution in [0.1, 0.15) is 85.0 Å². The Morgan fingerprint density at radius 2 is 2.03 bits per heavy atom. The molecule has 4 fully saturated rings. The zero-order chi connectivity index (χ0) is 23.0. The first-order valence-electron chi connectivity index (χ1n) is 13.9. The molecular weight excluding hydrogens is 410 g/mol. The average molecular weight is 456 g/mol. The summed E-state index contributed by atoms with van der Waals surface area (Å²) in [5.74, 6) is 2.79. The van der Waals surface area contributed by atoms with Gasteiger partial charge in [0.25, 0.3) is 0 Å². The molecule has 184 valence electrons. The van der Waals surface area contributed by atoms with Gasteiger partial charge in [0.1, 0.15) is 0 Å². The molecule has 6 rings (SSSR count). The number of fused-ring (bicyclic) bond motifs is 6. The normalized spacial score (nSPS) is 49.8. The third-order valence-corrected chi connectivity index (χ3v) is 11.4. The Labute approximate surface area is 200 Å². The van der Waals surface area contributed by atoms with E-state index in [9.17, 15) is 10.2 Å². The number of aliphatic hydroxyl groups is 2. The minimum atomic E-state index is -0.122. The van der Waals surface area contributed by atoms with E-state index in [-0.39, 0.29) is 18.3 Å². The summed E-state index contributed by atoms with van der Waals surface area (Å²) in [5.41, 5.74) is 5.26. The molecule has 33 heavy (non-hydrogen) atoms. The van der Waals surface area contributed by atoms with Crippen molar-refractivity contribution in [2.75, 3.05) is 19.7 Å². The maximum Gasteiger partial charge on any atom is 0.0765 e. The van der Waals surface area contributed by atoms with E-state index in [1.807, 2.05) is 0 Å². The number of ether oxygens (including phenoxy) is 1. The molecule has 2 aliphatic heterocycles. The molecule has 0 aromatic carbocycles. The number of likely N-dealkylation sites (tertiary alicyclic amines) is 1. The van der Waals surface area contributed by atoms with Crippen molar-refractivity contribution >= 4 is 0 Å². The zero-order valence-electron chi connectivity index (χ0n) is 21.1. The number of rotatable bonds is 2. The predicted molar refractivity (Wildman–Crippen MR) is 131 cm³/mol. The third kappa shape index (κ3) is 3.37. The topological polar surface area (TPSA) is 52.9 Å². The lowest BCUT2D eigenvalue weighted by Gasteiger charge is -2.49. The molecule has 2 N–H and O–H groups in total. The van der Waals surface area contributed by atoms with Crippen LogP contribution in [-0.2, 0) is 4.74 Å². The Kier molecular flexibility index (Phi) is 5.64. The van der Waals surface area contributed by atoms with E-state index >= 15 is 0 Å². The van der Waals surface area contributed by atoms with Crippen molar-refractivity contribution in [3.8, 4) is 0 Å². The van der Waals surface area contributed by atoms with Gasteiger partial charge in [0.05, 0.1) is 24.4 Å². The monoisotopic (exact) mass is 455 g/mol. The number of β-amino-alcohol motifs (C(OH)–C–C–N with tert-alkyl or cyclic N) is 1. The van der Waals surface area contributed by atoms with E-state index in [0.717, 1.165) is 56.5 Å². The highest BCUT2D eigenvalue weighted by atomic mass is 16.5. The fourth-order valence-electron chi connectivity index (χ4n) is 9.68. The number of allylic oxidation sites excluding steroid dienone is 2. The van der Waals surface area contributed by atoms with Gasteiger partial charge in [-0.1, -0.05) is 36.6 Å². The maximum atomic E-state index is 10.3. The van der Waals surface area contributed by atoms with Crippen molar-refractivity contribution in [2.24, 2.45) is 29.1 Å². The summed E-state index contributed by atoms with van der Waals surface area (Å²) in [5, 5.41) is 19.9. The molecular formula is C29H45NO3. The maximum absolute atomic E-state index is 10.3. The molecule has 0 aromatic heterocycles. The SMILES string of the molecule is CC1=C2CC3C(CC=C4CC(O)CCC43C)C2CCC2(C1)OC1CCCN(CCO)C1C2C. The second-order valence-corrected chi connectivity index (χ2v) is 12.8. The van der Waals surface area contributed by atoms with Gasteiger partial charge < -0.3 is 14.9 Å². The molecule has 2 saturated carbocycles. The lowest BCUT2D eigenvalue weighted by Crippen LogP contribution is -2.50. The van der Waals surface area contributed by atoms with Crippen molar-refractivity contribution in [2.45, 2.75) is 109 Å². The smallest absolute Gasteiger partial charge is 0.0765 e. The predicted octanol–water partition coefficient (Wildman–Crippen LogP) is 4.85. The van der Waals surface area contributed by atoms with Crippen LogP contribution in [-0.4, -0.2) is 58.7 Å². The van der Waals surface area contributed by atoms with Crippen LogP contribution in [0.25, 0.3) is 0 Å². The number of hydrogen-bond acceptors (Lipinski definition) is 4. The highest BCUT2D eigenvalue weighted by molar-refractivity contribution is 5.34. The van der Waals surface area contributed by atoms with E-state index in [1.54, 1.807) is 16.7 Å². The van der Waals surface area contributed by atoms with Crippen LogP contribution in [0.5, 0.6) is 0 Å². The Morgan fingerprint density at radius 3 is 2.85 bits per heavy atom. The van der Waals surface area contributed by atoms with E-state index in [0.29, 0.717) is 23.5 Å². The van der Waals surface area contributed by atoms with Crippen LogP contribution in [0.4, 0.5) is 0 Å². The van der Waals surface area contributed by atoms with Gasteiger partial charge >= 0.3 is 0 Å². The Morgan fingerprint density at radius 1 is 1.18 bits per heavy atom. The molecule has 0 bridgehead atoms. The number of aliphatic hydroxyl groups excluding tert-OH is 2. The summed E-state index contributed by atoms with van der Waals surface area (Å²) >= 11 is 0. The highest BCUT2D eigenvalue weighted by Crippen LogP contribution is 2.63. The van der Waals surface area contributed by atoms with Gasteiger partial charge in [-0.15, -0.1) is 0 Å². The molecule has 6 aliphatic rings. The van der Waals surface area contributed by atoms with Crippen LogP contribution in [0.15, 0.2) is 22.8 Å². The molecule has 4 aliphatic carbocycles. The molecule has 0 radical (unpaired) electrons. The van der Waals surface area contributed by atoms with Crippen molar-refractivity contribution < 1.29 is 14.9 Å². The van der Waals surface area contributed by atoms with Gasteiger partial charge in [-0.3, -0.25) is 4.90 Å². The summed E-state index contributed by atoms with van der Waals surface area (Å²) in [7, 11) is 0. The van der Waals surface area contributed by atoms with E-state index in [2.05, 4.69) is 31.7 Å². The van der Waals surface area contributed by atoms with Gasteiger partial charge in [0.2, 0.25) is 0 Å². The molecule has 9 atom stereocenters. The summed E-state index contributed by atoms with van der Waals surface area (Å²) < 4.78 is 7.05. The molecule has 0 amide bonds. The lowest BCUT2D eigenvalue weighted by atomic mass is 9.56. The Hall–Kier alpha value is -0.680. The minimum Gasteiger partial charge on any atom is -0.395 e. The highest BCUT2D eigenvalue weighted by Gasteiger charge is 2.58. The second-order valence-electron chi connectivity index (χ2n) is 12.8. The molecule has 0 aromatic rings. The van der Waals surface area contributed by atoms with Crippen molar-refractivity contribution in [1.82, 2.24) is 4.90 Å². The molecule has 2 heterocycles. The van der Waals surface area contributed by atoms with Crippen LogP contribution >= 0.6 is 0 Å². The van der Waals surface area contributed by atoms with Crippen LogP contribution < -0.4 is 0 Å². The summed E-state index contributed by atoms with van der Waals surface area (Å²) in [6, 6.07) is 0.474. The summed E-state index contributed by atoms with van der Waals surface area (Å²) in [4.78, 5) is 2.53. The molecule has 9 unspecified atom stereocenters. The van der Waals surface area contributed by atoms with Crippen molar-refractivity contribution in [3.05, 3.63) is 22.8 Å². The Balaban J connectivity index is 1.27. The van der Waals surface area contributed by atoms with Gasteiger partial charge in [-0.2, -0.15) is 0 Å². The van der Waals surface area contributed by atoms with Gasteiger partial charge in [0.15, 0.2) is 0 Å². The van der Waals surface area contributed by atoms with Gasteiger partial charge in [-0.25, -0.2) is 0 Å². The van der Waals surface area contributed by atoms with Crippen LogP contribution in [0.2, 0.25) is 0 Å². The first kappa shape index (κ1) is 22.8. The molecule has 4 nitrogen and oxygen atoms in total. The average Bonchev–Trinajstić information content (AvgIpc) is 3.26. The van der Waals surface area contributed by atoms with Gasteiger partial charge in [0, 0.05) is 18.5 Å². The van der Waals surface area contributed by atoms with E-state index in [1.165, 1.54) is 38.5 Å². The quantitative estimate of drug-likeness (QED) is 0.585. The van der Waals surface area contributed by atoms with Crippen molar-refractivity contribution in [3.63, 3.8) is 0 Å². The van der Waals surface area contributed by atoms with Crippen LogP contribution in [0.3, 0.4) is 0 Å². The zero-order valence-corrected chi connectivity index (χ0v) is 21.1. The Bertz CT molecular complexity index is 848. The molecule has 2 saturated heterocycles. The van der Waals surface area contributed by atoms with Crippen molar-refractivity contribution in [1.29, 1.82) is 0 Å². The lowest BCUT2D eigenvalue weighted by molar-refractivity contribution is -0.0734. The number of hydrogen-bond donors (Lipinski definition) is 2. The fourth-order valence-corrected chi connectivity index (χ4v) is 9.68. The standard InChI is InChI=1S/C29H45NO3/c1-18-17-29(19(2)27-26(33-29)5-4-12-30(27)13-14-31)11-9-22-23-7-6-20-15-21(32)8-10-28(20,3)25(23)16-24(18)22/h6,19,21-23,25-27,31-32H,4-5,7-17H2,1-3H3. The first-order chi connectivity index (χ1) is 15.9. The summed E-state index contributed by atoms with van der Waals surface area (Å²) in [6.45, 7) is 9.55. The first-order valence-corrected chi connectivity index (χ1v) is 13.9. The van der Waals surface area contributed by atoms with E-state index in [4.69, 9.17) is 4.74 Å². The largest absolute Gasteiger partial charge is 0.395 e. The minimum absolute atomic E-state index is 0.0151. The molecule has 1 spiro atoms. The number of nitrogens with zero attached hydrogens (tertiary/aromatic N) is 1. The number of piperidine rings is 1. The molecule has 4 heteroatoms. The van der Waals surface area contributed by atoms with Crippen LogP contribution in [0, 0.1) is 29.1 Å². The van der Waals surface area contributed by atoms with Gasteiger partial charge in [-0.05, 0) is 101 Å². The fraction of sp³-hybridized carbons (Fsp3) is 0.862. The second kappa shape index (κ2) is 8.18.